The highest BCUT2D eigenvalue weighted by Crippen LogP contribution is 2.60. The van der Waals surface area contributed by atoms with Crippen molar-refractivity contribution < 1.29 is 4.74 Å². The van der Waals surface area contributed by atoms with Crippen LogP contribution < -0.4 is 4.74 Å². The van der Waals surface area contributed by atoms with Gasteiger partial charge in [-0.2, -0.15) is 8.75 Å². The molecule has 41 heavy (non-hydrogen) atoms. The normalized spacial score (nSPS) is 18.0. The summed E-state index contributed by atoms with van der Waals surface area (Å²) in [7, 11) is 0. The van der Waals surface area contributed by atoms with Gasteiger partial charge in [0, 0.05) is 43.3 Å². The van der Waals surface area contributed by atoms with Crippen LogP contribution in [0.25, 0.3) is 20.8 Å². The minimum absolute atomic E-state index is 0.0674. The SMILES string of the molecule is CCC(C)(C)c1cc2c(s1)-c1sc(C(C)(CC)C(C)(CC)c3cnc(C(C)(C)CC)c4nsnc34)cc1C(S)(S)O2. The summed E-state index contributed by atoms with van der Waals surface area (Å²) < 4.78 is 15.1. The van der Waals surface area contributed by atoms with E-state index >= 15 is 0 Å². The molecule has 4 nitrogen and oxygen atoms in total. The van der Waals surface area contributed by atoms with Crippen LogP contribution in [0.15, 0.2) is 18.3 Å². The number of thiol groups is 2. The molecule has 0 saturated carbocycles. The molecule has 5 heterocycles. The zero-order chi connectivity index (χ0) is 30.2. The average Bonchev–Trinajstić information content (AvgIpc) is 3.69. The Morgan fingerprint density at radius 2 is 1.37 bits per heavy atom. The highest BCUT2D eigenvalue weighted by molar-refractivity contribution is 7.99. The van der Waals surface area contributed by atoms with Gasteiger partial charge >= 0.3 is 0 Å². The molecule has 1 aliphatic heterocycles. The minimum atomic E-state index is -0.996. The van der Waals surface area contributed by atoms with Crippen molar-refractivity contribution in [2.24, 2.45) is 0 Å². The molecule has 2 unspecified atom stereocenters. The first-order valence-corrected chi connectivity index (χ1v) is 17.9. The number of nitrogens with zero attached hydrogens (tertiary/aromatic N) is 3. The van der Waals surface area contributed by atoms with Gasteiger partial charge in [-0.05, 0) is 43.2 Å². The maximum Gasteiger partial charge on any atom is 0.223 e. The molecular formula is C32H43N3OS5. The summed E-state index contributed by atoms with van der Waals surface area (Å²) in [5.41, 5.74) is 4.78. The van der Waals surface area contributed by atoms with Crippen molar-refractivity contribution in [1.29, 1.82) is 0 Å². The van der Waals surface area contributed by atoms with Gasteiger partial charge < -0.3 is 4.74 Å². The van der Waals surface area contributed by atoms with Crippen LogP contribution in [-0.4, -0.2) is 13.7 Å². The standard InChI is InChI=1S/C32H43N3OS5/c1-11-28(5,6)21-16-20-26(39-21)25-18(32(37,38)36-20)15-22(40-25)31(10,14-4)30(9,13-3)19-17-33-27(29(7,8)12-2)24-23(19)34-41-35-24/h15-17,37-38H,11-14H2,1-10H3. The van der Waals surface area contributed by atoms with Crippen LogP contribution in [-0.2, 0) is 25.9 Å². The predicted octanol–water partition coefficient (Wildman–Crippen LogP) is 10.6. The highest BCUT2D eigenvalue weighted by Gasteiger charge is 2.49. The number of hydrogen-bond donors (Lipinski definition) is 2. The van der Waals surface area contributed by atoms with Gasteiger partial charge in [0.1, 0.15) is 16.8 Å². The third kappa shape index (κ3) is 4.71. The number of pyridine rings is 1. The molecule has 0 radical (unpaired) electrons. The topological polar surface area (TPSA) is 47.9 Å². The van der Waals surface area contributed by atoms with Crippen molar-refractivity contribution in [2.45, 2.75) is 121 Å². The number of thiophene rings is 2. The van der Waals surface area contributed by atoms with Crippen LogP contribution >= 0.6 is 59.7 Å². The second-order valence-electron chi connectivity index (χ2n) is 13.2. The smallest absolute Gasteiger partial charge is 0.223 e. The van der Waals surface area contributed by atoms with Crippen molar-refractivity contribution in [1.82, 2.24) is 13.7 Å². The van der Waals surface area contributed by atoms with Crippen LogP contribution in [0.2, 0.25) is 0 Å². The average molecular weight is 646 g/mol. The lowest BCUT2D eigenvalue weighted by Crippen LogP contribution is -2.44. The Morgan fingerprint density at radius 3 is 1.98 bits per heavy atom. The van der Waals surface area contributed by atoms with Gasteiger partial charge in [0.2, 0.25) is 4.27 Å². The van der Waals surface area contributed by atoms with E-state index in [1.807, 2.05) is 22.7 Å². The molecule has 2 atom stereocenters. The molecule has 0 N–H and O–H groups in total. The quantitative estimate of drug-likeness (QED) is 0.140. The molecule has 0 spiro atoms. The van der Waals surface area contributed by atoms with E-state index in [0.717, 1.165) is 53.7 Å². The number of hydrogen-bond acceptors (Lipinski definition) is 9. The summed E-state index contributed by atoms with van der Waals surface area (Å²) in [6.45, 7) is 22.9. The lowest BCUT2D eigenvalue weighted by Gasteiger charge is -2.46. The van der Waals surface area contributed by atoms with E-state index in [9.17, 15) is 0 Å². The molecule has 222 valence electrons. The van der Waals surface area contributed by atoms with Crippen molar-refractivity contribution in [3.05, 3.63) is 44.9 Å². The summed E-state index contributed by atoms with van der Waals surface area (Å²) in [6.07, 6.45) is 6.04. The van der Waals surface area contributed by atoms with Gasteiger partial charge in [-0.15, -0.1) is 47.9 Å². The van der Waals surface area contributed by atoms with Crippen molar-refractivity contribution in [2.75, 3.05) is 0 Å². The van der Waals surface area contributed by atoms with Gasteiger partial charge in [-0.3, -0.25) is 4.98 Å². The summed E-state index contributed by atoms with van der Waals surface area (Å²) in [5.74, 6) is 0.891. The molecular weight excluding hydrogens is 603 g/mol. The van der Waals surface area contributed by atoms with Crippen molar-refractivity contribution >= 4 is 70.7 Å². The maximum absolute atomic E-state index is 6.44. The number of fused-ring (bicyclic) bond motifs is 4. The Balaban J connectivity index is 1.69. The zero-order valence-electron chi connectivity index (χ0n) is 25.9. The molecule has 0 amide bonds. The first kappa shape index (κ1) is 31.3. The van der Waals surface area contributed by atoms with Gasteiger partial charge in [0.05, 0.1) is 27.2 Å². The molecule has 4 aromatic heterocycles. The third-order valence-corrected chi connectivity index (χ3v) is 14.6. The van der Waals surface area contributed by atoms with E-state index in [1.54, 1.807) is 0 Å². The highest BCUT2D eigenvalue weighted by atomic mass is 32.2. The van der Waals surface area contributed by atoms with E-state index in [1.165, 1.54) is 36.8 Å². The fourth-order valence-electron chi connectivity index (χ4n) is 5.95. The van der Waals surface area contributed by atoms with Crippen LogP contribution in [0.3, 0.4) is 0 Å². The Bertz CT molecular complexity index is 1600. The molecule has 0 fully saturated rings. The Hall–Kier alpha value is -1.13. The molecule has 0 saturated heterocycles. The zero-order valence-corrected chi connectivity index (χ0v) is 30.2. The van der Waals surface area contributed by atoms with Crippen LogP contribution in [0.4, 0.5) is 0 Å². The molecule has 5 rings (SSSR count). The van der Waals surface area contributed by atoms with E-state index in [0.29, 0.717) is 0 Å². The molecule has 0 bridgehead atoms. The Labute approximate surface area is 268 Å². The molecule has 4 aromatic rings. The second kappa shape index (κ2) is 10.5. The minimum Gasteiger partial charge on any atom is -0.462 e. The van der Waals surface area contributed by atoms with Gasteiger partial charge in [-0.25, -0.2) is 0 Å². The van der Waals surface area contributed by atoms with E-state index in [4.69, 9.17) is 43.7 Å². The van der Waals surface area contributed by atoms with Gasteiger partial charge in [0.15, 0.2) is 0 Å². The number of aromatic nitrogens is 3. The fraction of sp³-hybridized carbons (Fsp3) is 0.594. The van der Waals surface area contributed by atoms with Crippen LogP contribution in [0.1, 0.15) is 121 Å². The fourth-order valence-corrected chi connectivity index (χ4v) is 10.2. The van der Waals surface area contributed by atoms with Crippen molar-refractivity contribution in [3.63, 3.8) is 0 Å². The van der Waals surface area contributed by atoms with Crippen LogP contribution in [0.5, 0.6) is 5.75 Å². The summed E-state index contributed by atoms with van der Waals surface area (Å²) >= 11 is 14.9. The number of rotatable bonds is 9. The van der Waals surface area contributed by atoms with Gasteiger partial charge in [-0.1, -0.05) is 69.2 Å². The van der Waals surface area contributed by atoms with Crippen molar-refractivity contribution in [3.8, 4) is 15.5 Å². The van der Waals surface area contributed by atoms with Crippen LogP contribution in [0, 0.1) is 0 Å². The summed E-state index contributed by atoms with van der Waals surface area (Å²) in [4.78, 5) is 10.2. The molecule has 0 aromatic carbocycles. The summed E-state index contributed by atoms with van der Waals surface area (Å²) in [5, 5.41) is 0. The molecule has 1 aliphatic rings. The van der Waals surface area contributed by atoms with E-state index in [2.05, 4.69) is 87.6 Å². The first-order valence-electron chi connectivity index (χ1n) is 14.7. The van der Waals surface area contributed by atoms with E-state index in [-0.39, 0.29) is 21.7 Å². The molecule has 9 heteroatoms. The first-order chi connectivity index (χ1) is 19.1. The monoisotopic (exact) mass is 645 g/mol. The van der Waals surface area contributed by atoms with E-state index < -0.39 is 4.27 Å². The summed E-state index contributed by atoms with van der Waals surface area (Å²) in [6, 6.07) is 4.52. The molecule has 0 aliphatic carbocycles. The lowest BCUT2D eigenvalue weighted by molar-refractivity contribution is 0.239. The maximum atomic E-state index is 6.44. The second-order valence-corrected chi connectivity index (χ2v) is 17.4. The third-order valence-electron chi connectivity index (χ3n) is 10.4. The Kier molecular flexibility index (Phi) is 8.01. The predicted molar refractivity (Wildman–Crippen MR) is 185 cm³/mol. The number of ether oxygens (including phenoxy) is 1. The largest absolute Gasteiger partial charge is 0.462 e. The van der Waals surface area contributed by atoms with Gasteiger partial charge in [0.25, 0.3) is 0 Å². The Morgan fingerprint density at radius 1 is 0.756 bits per heavy atom. The lowest BCUT2D eigenvalue weighted by atomic mass is 9.58.